The molecule has 1 aromatic heterocycles. The van der Waals surface area contributed by atoms with Crippen molar-refractivity contribution in [2.45, 2.75) is 75.5 Å². The highest BCUT2D eigenvalue weighted by atomic mass is 35.5. The van der Waals surface area contributed by atoms with Crippen LogP contribution in [0.15, 0.2) is 24.3 Å². The van der Waals surface area contributed by atoms with E-state index in [1.165, 1.54) is 27.8 Å². The molecule has 0 radical (unpaired) electrons. The van der Waals surface area contributed by atoms with Gasteiger partial charge in [0.15, 0.2) is 5.69 Å². The maximum atomic E-state index is 13.9. The molecule has 2 N–H and O–H groups in total. The lowest BCUT2D eigenvalue weighted by Gasteiger charge is -2.33. The lowest BCUT2D eigenvalue weighted by atomic mass is 10.0. The van der Waals surface area contributed by atoms with Gasteiger partial charge in [-0.1, -0.05) is 30.5 Å². The number of aliphatic carboxylic acids is 1. The summed E-state index contributed by atoms with van der Waals surface area (Å²) < 4.78 is 70.6. The average Bonchev–Trinajstić information content (AvgIpc) is 3.51. The minimum Gasteiger partial charge on any atom is -0.481 e. The molecule has 1 aliphatic heterocycles. The third-order valence-corrected chi connectivity index (χ3v) is 7.46. The maximum absolute atomic E-state index is 13.9. The van der Waals surface area contributed by atoms with Gasteiger partial charge in [-0.3, -0.25) is 19.2 Å². The Morgan fingerprint density at radius 2 is 1.88 bits per heavy atom. The maximum Gasteiger partial charge on any atom is 0.417 e. The molecule has 2 fully saturated rings. The summed E-state index contributed by atoms with van der Waals surface area (Å²) in [4.78, 5) is 26.2. The van der Waals surface area contributed by atoms with E-state index in [4.69, 9.17) is 11.6 Å². The van der Waals surface area contributed by atoms with E-state index in [1.54, 1.807) is 0 Å². The first-order chi connectivity index (χ1) is 18.3. The van der Waals surface area contributed by atoms with Crippen LogP contribution in [0.25, 0.3) is 11.3 Å². The standard InChI is InChI=1S/C26H30ClF5N4O3.ClH/c27-16-6-7-19(20(12-16)26(30,31)32)22-14-21(34-36(22)18-4-1-2-5-18)24(39)33-17(13-23(37)38)8-11-35-10-3-9-25(28,29)15-35;/h6-7,12,14,17-18H,1-5,8-11,13,15H2,(H,33,39)(H,37,38);1H/t17-;/m0./s1. The lowest BCUT2D eigenvalue weighted by Crippen LogP contribution is -2.45. The number of carbonyl (C=O) groups is 2. The second kappa shape index (κ2) is 13.0. The third kappa shape index (κ3) is 8.07. The number of alkyl halides is 5. The Balaban J connectivity index is 0.00000441. The van der Waals surface area contributed by atoms with Crippen molar-refractivity contribution in [3.63, 3.8) is 0 Å². The molecule has 40 heavy (non-hydrogen) atoms. The van der Waals surface area contributed by atoms with Crippen LogP contribution in [0.4, 0.5) is 22.0 Å². The van der Waals surface area contributed by atoms with E-state index in [1.807, 2.05) is 0 Å². The highest BCUT2D eigenvalue weighted by molar-refractivity contribution is 6.30. The summed E-state index contributed by atoms with van der Waals surface area (Å²) in [5.41, 5.74) is -1.16. The summed E-state index contributed by atoms with van der Waals surface area (Å²) in [7, 11) is 0. The van der Waals surface area contributed by atoms with Crippen LogP contribution in [0.3, 0.4) is 0 Å². The van der Waals surface area contributed by atoms with Gasteiger partial charge in [0.2, 0.25) is 0 Å². The van der Waals surface area contributed by atoms with Gasteiger partial charge in [-0.25, -0.2) is 8.78 Å². The van der Waals surface area contributed by atoms with E-state index in [0.29, 0.717) is 25.8 Å². The number of hydrogen-bond acceptors (Lipinski definition) is 4. The molecule has 4 rings (SSSR count). The molecule has 2 aliphatic rings. The Bertz CT molecular complexity index is 1200. The normalized spacial score (nSPS) is 18.8. The second-order valence-corrected chi connectivity index (χ2v) is 10.7. The molecule has 0 spiro atoms. The molecule has 0 unspecified atom stereocenters. The van der Waals surface area contributed by atoms with Crippen LogP contribution in [0.2, 0.25) is 5.02 Å². The van der Waals surface area contributed by atoms with E-state index < -0.39 is 48.5 Å². The number of amides is 1. The monoisotopic (exact) mass is 612 g/mol. The molecule has 222 valence electrons. The third-order valence-electron chi connectivity index (χ3n) is 7.22. The number of aromatic nitrogens is 2. The lowest BCUT2D eigenvalue weighted by molar-refractivity contribution is -0.138. The summed E-state index contributed by atoms with van der Waals surface area (Å²) in [6.45, 7) is 0.176. The van der Waals surface area contributed by atoms with Gasteiger partial charge in [0.1, 0.15) is 0 Å². The Labute approximate surface area is 239 Å². The van der Waals surface area contributed by atoms with Crippen molar-refractivity contribution in [3.05, 3.63) is 40.5 Å². The Kier molecular flexibility index (Phi) is 10.5. The molecule has 14 heteroatoms. The molecule has 1 amide bonds. The van der Waals surface area contributed by atoms with Crippen LogP contribution in [0.5, 0.6) is 0 Å². The number of carboxylic acids is 1. The van der Waals surface area contributed by atoms with Crippen LogP contribution in [0.1, 0.15) is 73.5 Å². The van der Waals surface area contributed by atoms with Gasteiger partial charge >= 0.3 is 12.1 Å². The summed E-state index contributed by atoms with van der Waals surface area (Å²) in [5.74, 6) is -4.74. The van der Waals surface area contributed by atoms with Crippen LogP contribution in [-0.4, -0.2) is 63.3 Å². The zero-order valence-electron chi connectivity index (χ0n) is 21.5. The number of hydrogen-bond donors (Lipinski definition) is 2. The van der Waals surface area contributed by atoms with Crippen LogP contribution in [-0.2, 0) is 11.0 Å². The van der Waals surface area contributed by atoms with E-state index in [0.717, 1.165) is 18.9 Å². The van der Waals surface area contributed by atoms with Gasteiger partial charge in [0.25, 0.3) is 11.8 Å². The summed E-state index contributed by atoms with van der Waals surface area (Å²) >= 11 is 5.85. The van der Waals surface area contributed by atoms with E-state index in [2.05, 4.69) is 10.4 Å². The van der Waals surface area contributed by atoms with Gasteiger partial charge in [0.05, 0.1) is 30.3 Å². The number of benzene rings is 1. The second-order valence-electron chi connectivity index (χ2n) is 10.3. The summed E-state index contributed by atoms with van der Waals surface area (Å²) in [6, 6.07) is 3.60. The summed E-state index contributed by atoms with van der Waals surface area (Å²) in [5, 5.41) is 16.2. The molecular formula is C26H31Cl2F5N4O3. The zero-order valence-corrected chi connectivity index (χ0v) is 23.1. The van der Waals surface area contributed by atoms with Crippen molar-refractivity contribution < 1.29 is 36.6 Å². The molecule has 0 bridgehead atoms. The van der Waals surface area contributed by atoms with Crippen LogP contribution in [0, 0.1) is 0 Å². The average molecular weight is 613 g/mol. The van der Waals surface area contributed by atoms with Gasteiger partial charge < -0.3 is 10.4 Å². The zero-order chi connectivity index (χ0) is 28.4. The Hall–Kier alpha value is -2.44. The first-order valence-corrected chi connectivity index (χ1v) is 13.3. The van der Waals surface area contributed by atoms with Crippen LogP contribution >= 0.6 is 24.0 Å². The van der Waals surface area contributed by atoms with Crippen molar-refractivity contribution >= 4 is 35.9 Å². The molecule has 1 aliphatic carbocycles. The quantitative estimate of drug-likeness (QED) is 0.318. The van der Waals surface area contributed by atoms with E-state index in [-0.39, 0.29) is 59.8 Å². The van der Waals surface area contributed by atoms with Gasteiger partial charge in [0, 0.05) is 29.6 Å². The largest absolute Gasteiger partial charge is 0.481 e. The summed E-state index contributed by atoms with van der Waals surface area (Å²) in [6.07, 6.45) is -1.81. The number of carboxylic acid groups (broad SMARTS) is 1. The number of nitrogens with zero attached hydrogens (tertiary/aromatic N) is 3. The van der Waals surface area contributed by atoms with Crippen molar-refractivity contribution in [3.8, 4) is 11.3 Å². The fourth-order valence-corrected chi connectivity index (χ4v) is 5.55. The molecule has 1 saturated heterocycles. The highest BCUT2D eigenvalue weighted by Crippen LogP contribution is 2.41. The number of nitrogens with one attached hydrogen (secondary N) is 1. The van der Waals surface area contributed by atoms with Crippen molar-refractivity contribution in [1.29, 1.82) is 0 Å². The highest BCUT2D eigenvalue weighted by Gasteiger charge is 2.37. The van der Waals surface area contributed by atoms with Crippen LogP contribution < -0.4 is 5.32 Å². The van der Waals surface area contributed by atoms with Crippen molar-refractivity contribution in [2.24, 2.45) is 0 Å². The van der Waals surface area contributed by atoms with Crippen molar-refractivity contribution in [2.75, 3.05) is 19.6 Å². The minimum atomic E-state index is -4.70. The number of halogens is 7. The fourth-order valence-electron chi connectivity index (χ4n) is 5.38. The molecule has 1 aromatic carbocycles. The Morgan fingerprint density at radius 3 is 2.50 bits per heavy atom. The number of carbonyl (C=O) groups excluding carboxylic acids is 1. The molecule has 2 heterocycles. The number of likely N-dealkylation sites (tertiary alicyclic amines) is 1. The smallest absolute Gasteiger partial charge is 0.417 e. The first kappa shape index (κ1) is 32.1. The SMILES string of the molecule is Cl.O=C(O)C[C@H](CCN1CCCC(F)(F)C1)NC(=O)c1cc(-c2ccc(Cl)cc2C(F)(F)F)n(C2CCCC2)n1. The van der Waals surface area contributed by atoms with Crippen molar-refractivity contribution in [1.82, 2.24) is 20.0 Å². The van der Waals surface area contributed by atoms with E-state index >= 15 is 0 Å². The fraction of sp³-hybridized carbons (Fsp3) is 0.577. The van der Waals surface area contributed by atoms with E-state index in [9.17, 15) is 36.6 Å². The molecule has 1 saturated carbocycles. The molecule has 2 aromatic rings. The molecule has 7 nitrogen and oxygen atoms in total. The predicted octanol–water partition coefficient (Wildman–Crippen LogP) is 6.45. The molecule has 1 atom stereocenters. The first-order valence-electron chi connectivity index (χ1n) is 12.9. The topological polar surface area (TPSA) is 87.5 Å². The molecular weight excluding hydrogens is 582 g/mol. The minimum absolute atomic E-state index is 0. The van der Waals surface area contributed by atoms with Gasteiger partial charge in [-0.2, -0.15) is 18.3 Å². The Morgan fingerprint density at radius 1 is 1.18 bits per heavy atom. The number of piperidine rings is 1. The number of rotatable bonds is 9. The van der Waals surface area contributed by atoms with Gasteiger partial charge in [-0.05, 0) is 50.4 Å². The predicted molar refractivity (Wildman–Crippen MR) is 141 cm³/mol. The van der Waals surface area contributed by atoms with Gasteiger partial charge in [-0.15, -0.1) is 12.4 Å².